The molecule has 0 saturated heterocycles. The molecular formula is C12H14OS. The van der Waals surface area contributed by atoms with Gasteiger partial charge in [-0.1, -0.05) is 12.1 Å². The molecule has 2 heteroatoms. The van der Waals surface area contributed by atoms with Gasteiger partial charge >= 0.3 is 0 Å². The maximum absolute atomic E-state index is 11.0. The van der Waals surface area contributed by atoms with Gasteiger partial charge in [0, 0.05) is 4.90 Å². The van der Waals surface area contributed by atoms with Crippen LogP contribution >= 0.6 is 11.8 Å². The minimum Gasteiger partial charge on any atom is -0.295 e. The van der Waals surface area contributed by atoms with Crippen molar-refractivity contribution in [2.45, 2.75) is 18.7 Å². The lowest BCUT2D eigenvalue weighted by Crippen LogP contribution is -1.90. The number of carbonyl (C=O) groups excluding carboxylic acids is 1. The third-order valence-electron chi connectivity index (χ3n) is 2.05. The first-order valence-electron chi connectivity index (χ1n) is 4.47. The van der Waals surface area contributed by atoms with Crippen molar-refractivity contribution in [3.05, 3.63) is 35.4 Å². The lowest BCUT2D eigenvalue weighted by Gasteiger charge is -1.98. The molecule has 0 aliphatic carbocycles. The van der Waals surface area contributed by atoms with Gasteiger partial charge in [0.2, 0.25) is 0 Å². The first-order chi connectivity index (χ1) is 6.63. The summed E-state index contributed by atoms with van der Waals surface area (Å²) in [7, 11) is 0. The van der Waals surface area contributed by atoms with Crippen molar-refractivity contribution < 1.29 is 4.79 Å². The Hall–Kier alpha value is -1.02. The fourth-order valence-electron chi connectivity index (χ4n) is 1.05. The van der Waals surface area contributed by atoms with E-state index in [0.29, 0.717) is 0 Å². The van der Waals surface area contributed by atoms with Crippen LogP contribution in [0.4, 0.5) is 0 Å². The van der Waals surface area contributed by atoms with Crippen molar-refractivity contribution in [3.63, 3.8) is 0 Å². The zero-order valence-electron chi connectivity index (χ0n) is 8.70. The van der Waals surface area contributed by atoms with Gasteiger partial charge in [-0.05, 0) is 49.4 Å². The van der Waals surface area contributed by atoms with Crippen molar-refractivity contribution >= 4 is 23.6 Å². The molecule has 0 fully saturated rings. The molecule has 0 atom stereocenters. The van der Waals surface area contributed by atoms with Gasteiger partial charge in [-0.3, -0.25) is 4.79 Å². The highest BCUT2D eigenvalue weighted by Crippen LogP contribution is 2.16. The third-order valence-corrected chi connectivity index (χ3v) is 2.80. The molecule has 0 heterocycles. The van der Waals surface area contributed by atoms with E-state index in [2.05, 4.69) is 12.1 Å². The smallest absolute Gasteiger partial charge is 0.155 e. The standard InChI is InChI=1S/C12H14OS/c1-9(10(2)13)8-11-4-6-12(14-3)7-5-11/h4-8H,1-3H3/b9-8-. The average molecular weight is 206 g/mol. The van der Waals surface area contributed by atoms with Crippen molar-refractivity contribution in [1.82, 2.24) is 0 Å². The molecule has 14 heavy (non-hydrogen) atoms. The predicted molar refractivity (Wildman–Crippen MR) is 62.6 cm³/mol. The van der Waals surface area contributed by atoms with Gasteiger partial charge in [-0.15, -0.1) is 11.8 Å². The molecule has 0 unspecified atom stereocenters. The zero-order chi connectivity index (χ0) is 10.6. The molecule has 74 valence electrons. The molecule has 1 aromatic rings. The highest BCUT2D eigenvalue weighted by Gasteiger charge is 1.96. The Balaban J connectivity index is 2.88. The quantitative estimate of drug-likeness (QED) is 0.557. The van der Waals surface area contributed by atoms with Gasteiger partial charge in [0.1, 0.15) is 0 Å². The Morgan fingerprint density at radius 1 is 1.21 bits per heavy atom. The predicted octanol–water partition coefficient (Wildman–Crippen LogP) is 3.40. The highest BCUT2D eigenvalue weighted by molar-refractivity contribution is 7.98. The Kier molecular flexibility index (Phi) is 3.96. The second kappa shape index (κ2) is 5.01. The van der Waals surface area contributed by atoms with Gasteiger partial charge < -0.3 is 0 Å². The number of Topliss-reactive ketones (excluding diaryl/α,β-unsaturated/α-hetero) is 1. The minimum absolute atomic E-state index is 0.124. The third kappa shape index (κ3) is 3.04. The van der Waals surface area contributed by atoms with E-state index in [1.807, 2.05) is 31.4 Å². The molecule has 0 aliphatic rings. The van der Waals surface area contributed by atoms with Gasteiger partial charge in [0.25, 0.3) is 0 Å². The molecule has 0 aliphatic heterocycles. The van der Waals surface area contributed by atoms with E-state index in [1.54, 1.807) is 18.7 Å². The van der Waals surface area contributed by atoms with Crippen LogP contribution in [-0.2, 0) is 4.79 Å². The highest BCUT2D eigenvalue weighted by atomic mass is 32.2. The van der Waals surface area contributed by atoms with E-state index in [0.717, 1.165) is 11.1 Å². The number of hydrogen-bond acceptors (Lipinski definition) is 2. The number of carbonyl (C=O) groups is 1. The second-order valence-electron chi connectivity index (χ2n) is 3.16. The molecule has 0 aromatic heterocycles. The maximum atomic E-state index is 11.0. The largest absolute Gasteiger partial charge is 0.295 e. The first-order valence-corrected chi connectivity index (χ1v) is 5.69. The molecule has 0 spiro atoms. The van der Waals surface area contributed by atoms with Crippen molar-refractivity contribution in [2.24, 2.45) is 0 Å². The summed E-state index contributed by atoms with van der Waals surface area (Å²) >= 11 is 1.72. The summed E-state index contributed by atoms with van der Waals surface area (Å²) in [5.74, 6) is 0.124. The van der Waals surface area contributed by atoms with Crippen molar-refractivity contribution in [3.8, 4) is 0 Å². The summed E-state index contributed by atoms with van der Waals surface area (Å²) in [4.78, 5) is 12.2. The molecule has 0 amide bonds. The van der Waals surface area contributed by atoms with Gasteiger partial charge in [0.15, 0.2) is 5.78 Å². The molecule has 0 N–H and O–H groups in total. The zero-order valence-corrected chi connectivity index (χ0v) is 9.52. The molecule has 0 radical (unpaired) electrons. The normalized spacial score (nSPS) is 11.5. The van der Waals surface area contributed by atoms with E-state index < -0.39 is 0 Å². The topological polar surface area (TPSA) is 17.1 Å². The van der Waals surface area contributed by atoms with Gasteiger partial charge in [0.05, 0.1) is 0 Å². The number of allylic oxidation sites excluding steroid dienone is 1. The van der Waals surface area contributed by atoms with E-state index in [4.69, 9.17) is 0 Å². The SMILES string of the molecule is CSc1ccc(/C=C(/C)C(C)=O)cc1. The van der Waals surface area contributed by atoms with Crippen molar-refractivity contribution in [1.29, 1.82) is 0 Å². The first kappa shape index (κ1) is 11.1. The molecule has 0 saturated carbocycles. The van der Waals surface area contributed by atoms with Crippen LogP contribution in [0.2, 0.25) is 0 Å². The molecule has 1 aromatic carbocycles. The lowest BCUT2D eigenvalue weighted by atomic mass is 10.1. The average Bonchev–Trinajstić information content (AvgIpc) is 2.19. The lowest BCUT2D eigenvalue weighted by molar-refractivity contribution is -0.113. The Morgan fingerprint density at radius 2 is 1.79 bits per heavy atom. The summed E-state index contributed by atoms with van der Waals surface area (Å²) in [6.45, 7) is 3.42. The fraction of sp³-hybridized carbons (Fsp3) is 0.250. The summed E-state index contributed by atoms with van der Waals surface area (Å²) in [5, 5.41) is 0. The van der Waals surface area contributed by atoms with Crippen LogP contribution in [0.15, 0.2) is 34.7 Å². The number of thioether (sulfide) groups is 1. The number of ketones is 1. The monoisotopic (exact) mass is 206 g/mol. The Labute approximate surface area is 89.2 Å². The van der Waals surface area contributed by atoms with E-state index in [-0.39, 0.29) is 5.78 Å². The Morgan fingerprint density at radius 3 is 2.21 bits per heavy atom. The van der Waals surface area contributed by atoms with Crippen LogP contribution < -0.4 is 0 Å². The Bertz CT molecular complexity index is 349. The van der Waals surface area contributed by atoms with Crippen LogP contribution in [0.1, 0.15) is 19.4 Å². The van der Waals surface area contributed by atoms with Crippen molar-refractivity contribution in [2.75, 3.05) is 6.26 Å². The van der Waals surface area contributed by atoms with Crippen LogP contribution in [0.3, 0.4) is 0 Å². The van der Waals surface area contributed by atoms with Crippen LogP contribution in [-0.4, -0.2) is 12.0 Å². The fourth-order valence-corrected chi connectivity index (χ4v) is 1.46. The summed E-state index contributed by atoms with van der Waals surface area (Å²) in [5.41, 5.74) is 1.87. The van der Waals surface area contributed by atoms with Gasteiger partial charge in [-0.25, -0.2) is 0 Å². The number of rotatable bonds is 3. The summed E-state index contributed by atoms with van der Waals surface area (Å²) < 4.78 is 0. The molecule has 1 rings (SSSR count). The number of hydrogen-bond donors (Lipinski definition) is 0. The van der Waals surface area contributed by atoms with Gasteiger partial charge in [-0.2, -0.15) is 0 Å². The summed E-state index contributed by atoms with van der Waals surface area (Å²) in [6.07, 6.45) is 3.96. The molecule has 0 bridgehead atoms. The second-order valence-corrected chi connectivity index (χ2v) is 4.04. The molecule has 1 nitrogen and oxygen atoms in total. The van der Waals surface area contributed by atoms with E-state index in [1.165, 1.54) is 4.90 Å². The summed E-state index contributed by atoms with van der Waals surface area (Å²) in [6, 6.07) is 8.17. The van der Waals surface area contributed by atoms with Crippen LogP contribution in [0.5, 0.6) is 0 Å². The minimum atomic E-state index is 0.124. The maximum Gasteiger partial charge on any atom is 0.155 e. The number of benzene rings is 1. The molecular weight excluding hydrogens is 192 g/mol. The van der Waals surface area contributed by atoms with Crippen LogP contribution in [0.25, 0.3) is 6.08 Å². The van der Waals surface area contributed by atoms with E-state index >= 15 is 0 Å². The van der Waals surface area contributed by atoms with E-state index in [9.17, 15) is 4.79 Å². The van der Waals surface area contributed by atoms with Crippen LogP contribution in [0, 0.1) is 0 Å².